The fourth-order valence-electron chi connectivity index (χ4n) is 3.83. The number of aromatic nitrogens is 1. The maximum atomic E-state index is 13.0. The number of piperazine rings is 1. The molecule has 0 atom stereocenters. The Bertz CT molecular complexity index is 563. The highest BCUT2D eigenvalue weighted by molar-refractivity contribution is 5.78. The lowest BCUT2D eigenvalue weighted by atomic mass is 9.87. The molecule has 25 heavy (non-hydrogen) atoms. The van der Waals surface area contributed by atoms with Gasteiger partial charge in [-0.1, -0.05) is 6.92 Å². The van der Waals surface area contributed by atoms with Crippen LogP contribution in [0.4, 0.5) is 10.2 Å². The number of hydrogen-bond acceptors (Lipinski definition) is 4. The van der Waals surface area contributed by atoms with Crippen molar-refractivity contribution >= 4 is 11.7 Å². The Labute approximate surface area is 149 Å². The van der Waals surface area contributed by atoms with Crippen LogP contribution in [0.3, 0.4) is 0 Å². The maximum absolute atomic E-state index is 13.0. The second kappa shape index (κ2) is 8.13. The Morgan fingerprint density at radius 1 is 1.20 bits per heavy atom. The van der Waals surface area contributed by atoms with E-state index in [1.54, 1.807) is 6.07 Å². The highest BCUT2D eigenvalue weighted by Gasteiger charge is 2.27. The van der Waals surface area contributed by atoms with Crippen LogP contribution < -0.4 is 4.90 Å². The second-order valence-corrected chi connectivity index (χ2v) is 7.52. The Balaban J connectivity index is 1.45. The summed E-state index contributed by atoms with van der Waals surface area (Å²) < 4.78 is 13.0. The van der Waals surface area contributed by atoms with Crippen molar-refractivity contribution < 1.29 is 9.18 Å². The zero-order valence-corrected chi connectivity index (χ0v) is 15.3. The molecular weight excluding hydrogens is 319 g/mol. The van der Waals surface area contributed by atoms with Gasteiger partial charge in [-0.2, -0.15) is 0 Å². The van der Waals surface area contributed by atoms with Crippen LogP contribution in [0.1, 0.15) is 32.6 Å². The van der Waals surface area contributed by atoms with Gasteiger partial charge < -0.3 is 9.80 Å². The standard InChI is InChI=1S/C19H29FN4O/c1-15-3-6-17(7-4-15)22(2)19(25)14-23-9-11-24(12-10-23)18-8-5-16(20)13-21-18/h5,8,13,15,17H,3-4,6-7,9-12,14H2,1-2H3. The van der Waals surface area contributed by atoms with Crippen LogP contribution in [0.2, 0.25) is 0 Å². The predicted octanol–water partition coefficient (Wildman–Crippen LogP) is 2.38. The zero-order chi connectivity index (χ0) is 17.8. The number of carbonyl (C=O) groups excluding carboxylic acids is 1. The molecule has 1 aromatic rings. The predicted molar refractivity (Wildman–Crippen MR) is 97.0 cm³/mol. The first-order valence-electron chi connectivity index (χ1n) is 9.37. The minimum atomic E-state index is -0.312. The van der Waals surface area contributed by atoms with Gasteiger partial charge in [-0.25, -0.2) is 9.37 Å². The molecule has 2 fully saturated rings. The van der Waals surface area contributed by atoms with Crippen LogP contribution >= 0.6 is 0 Å². The summed E-state index contributed by atoms with van der Waals surface area (Å²) in [5.74, 6) is 1.52. The third-order valence-electron chi connectivity index (χ3n) is 5.69. The lowest BCUT2D eigenvalue weighted by Gasteiger charge is -2.37. The molecule has 138 valence electrons. The van der Waals surface area contributed by atoms with Crippen molar-refractivity contribution in [2.24, 2.45) is 5.92 Å². The molecule has 1 amide bonds. The van der Waals surface area contributed by atoms with Crippen LogP contribution in [0.25, 0.3) is 0 Å². The van der Waals surface area contributed by atoms with Gasteiger partial charge in [-0.3, -0.25) is 9.69 Å². The van der Waals surface area contributed by atoms with Gasteiger partial charge in [0.25, 0.3) is 0 Å². The Hall–Kier alpha value is -1.69. The van der Waals surface area contributed by atoms with Crippen LogP contribution in [0, 0.1) is 11.7 Å². The van der Waals surface area contributed by atoms with Gasteiger partial charge in [0.2, 0.25) is 5.91 Å². The number of anilines is 1. The Kier molecular flexibility index (Phi) is 5.89. The number of amides is 1. The number of halogens is 1. The van der Waals surface area contributed by atoms with Crippen molar-refractivity contribution in [2.75, 3.05) is 44.7 Å². The van der Waals surface area contributed by atoms with E-state index in [-0.39, 0.29) is 11.7 Å². The molecule has 1 aromatic heterocycles. The number of rotatable bonds is 4. The first-order chi connectivity index (χ1) is 12.0. The zero-order valence-electron chi connectivity index (χ0n) is 15.3. The third-order valence-corrected chi connectivity index (χ3v) is 5.69. The first-order valence-corrected chi connectivity index (χ1v) is 9.37. The van der Waals surface area contributed by atoms with Crippen molar-refractivity contribution in [2.45, 2.75) is 38.6 Å². The molecule has 0 unspecified atom stereocenters. The molecule has 1 saturated heterocycles. The molecule has 5 nitrogen and oxygen atoms in total. The first kappa shape index (κ1) is 18.1. The number of carbonyl (C=O) groups is 1. The van der Waals surface area contributed by atoms with Crippen LogP contribution in [0.15, 0.2) is 18.3 Å². The number of nitrogens with zero attached hydrogens (tertiary/aromatic N) is 4. The average molecular weight is 348 g/mol. The molecule has 3 rings (SSSR count). The molecule has 0 N–H and O–H groups in total. The van der Waals surface area contributed by atoms with Gasteiger partial charge in [0.1, 0.15) is 11.6 Å². The lowest BCUT2D eigenvalue weighted by Crippen LogP contribution is -2.51. The van der Waals surface area contributed by atoms with Crippen LogP contribution in [-0.2, 0) is 4.79 Å². The molecule has 0 aromatic carbocycles. The summed E-state index contributed by atoms with van der Waals surface area (Å²) in [6, 6.07) is 3.57. The molecule has 0 bridgehead atoms. The van der Waals surface area contributed by atoms with Gasteiger partial charge >= 0.3 is 0 Å². The number of hydrogen-bond donors (Lipinski definition) is 0. The van der Waals surface area contributed by atoms with Crippen molar-refractivity contribution in [1.29, 1.82) is 0 Å². The van der Waals surface area contributed by atoms with Crippen molar-refractivity contribution in [3.63, 3.8) is 0 Å². The molecule has 0 radical (unpaired) electrons. The third kappa shape index (κ3) is 4.69. The molecule has 2 aliphatic rings. The largest absolute Gasteiger partial charge is 0.354 e. The second-order valence-electron chi connectivity index (χ2n) is 7.52. The van der Waals surface area contributed by atoms with Crippen molar-refractivity contribution in [3.05, 3.63) is 24.1 Å². The van der Waals surface area contributed by atoms with Crippen molar-refractivity contribution in [1.82, 2.24) is 14.8 Å². The monoisotopic (exact) mass is 348 g/mol. The summed E-state index contributed by atoms with van der Waals surface area (Å²) in [5, 5.41) is 0. The van der Waals surface area contributed by atoms with E-state index in [2.05, 4.69) is 21.7 Å². The van der Waals surface area contributed by atoms with E-state index in [9.17, 15) is 9.18 Å². The average Bonchev–Trinajstić information content (AvgIpc) is 2.63. The molecular formula is C19H29FN4O. The minimum Gasteiger partial charge on any atom is -0.354 e. The fourth-order valence-corrected chi connectivity index (χ4v) is 3.83. The highest BCUT2D eigenvalue weighted by atomic mass is 19.1. The van der Waals surface area contributed by atoms with E-state index in [1.165, 1.54) is 25.1 Å². The quantitative estimate of drug-likeness (QED) is 0.838. The maximum Gasteiger partial charge on any atom is 0.236 e. The highest BCUT2D eigenvalue weighted by Crippen LogP contribution is 2.26. The molecule has 6 heteroatoms. The van der Waals surface area contributed by atoms with Gasteiger partial charge in [0, 0.05) is 39.3 Å². The van der Waals surface area contributed by atoms with Gasteiger partial charge in [0.05, 0.1) is 12.7 Å². The SMILES string of the molecule is CC1CCC(N(C)C(=O)CN2CCN(c3ccc(F)cn3)CC2)CC1. The topological polar surface area (TPSA) is 39.7 Å². The number of likely N-dealkylation sites (N-methyl/N-ethyl adjacent to an activating group) is 1. The van der Waals surface area contributed by atoms with E-state index >= 15 is 0 Å². The fraction of sp³-hybridized carbons (Fsp3) is 0.684. The number of pyridine rings is 1. The van der Waals surface area contributed by atoms with E-state index < -0.39 is 0 Å². The summed E-state index contributed by atoms with van der Waals surface area (Å²) in [6.07, 6.45) is 5.98. The molecule has 2 heterocycles. The molecule has 1 aliphatic carbocycles. The summed E-state index contributed by atoms with van der Waals surface area (Å²) in [5.41, 5.74) is 0. The van der Waals surface area contributed by atoms with Gasteiger partial charge in [-0.05, 0) is 43.7 Å². The molecule has 1 saturated carbocycles. The lowest BCUT2D eigenvalue weighted by molar-refractivity contribution is -0.134. The summed E-state index contributed by atoms with van der Waals surface area (Å²) in [4.78, 5) is 23.1. The van der Waals surface area contributed by atoms with E-state index in [0.29, 0.717) is 12.6 Å². The Morgan fingerprint density at radius 2 is 1.88 bits per heavy atom. The van der Waals surface area contributed by atoms with Crippen LogP contribution in [-0.4, -0.2) is 66.5 Å². The smallest absolute Gasteiger partial charge is 0.236 e. The summed E-state index contributed by atoms with van der Waals surface area (Å²) in [6.45, 7) is 6.09. The van der Waals surface area contributed by atoms with E-state index in [1.807, 2.05) is 11.9 Å². The summed E-state index contributed by atoms with van der Waals surface area (Å²) in [7, 11) is 1.96. The van der Waals surface area contributed by atoms with Crippen molar-refractivity contribution in [3.8, 4) is 0 Å². The van der Waals surface area contributed by atoms with E-state index in [4.69, 9.17) is 0 Å². The van der Waals surface area contributed by atoms with Gasteiger partial charge in [-0.15, -0.1) is 0 Å². The normalized spacial score (nSPS) is 25.0. The Morgan fingerprint density at radius 3 is 2.48 bits per heavy atom. The molecule has 1 aliphatic heterocycles. The minimum absolute atomic E-state index is 0.230. The van der Waals surface area contributed by atoms with Gasteiger partial charge in [0.15, 0.2) is 0 Å². The van der Waals surface area contributed by atoms with Crippen LogP contribution in [0.5, 0.6) is 0 Å². The summed E-state index contributed by atoms with van der Waals surface area (Å²) >= 11 is 0. The molecule has 0 spiro atoms. The van der Waals surface area contributed by atoms with E-state index in [0.717, 1.165) is 50.8 Å².